The van der Waals surface area contributed by atoms with Crippen LogP contribution in [0, 0.1) is 0 Å². The van der Waals surface area contributed by atoms with Crippen molar-refractivity contribution >= 4 is 6.29 Å². The zero-order valence-corrected chi connectivity index (χ0v) is 15.8. The van der Waals surface area contributed by atoms with Crippen LogP contribution in [0.1, 0.15) is 48.5 Å². The van der Waals surface area contributed by atoms with E-state index in [-0.39, 0.29) is 0 Å². The SMILES string of the molecule is CCCCCCn1cc(-c2cccc(OCc3ccccc3)c2C=O)cn1. The van der Waals surface area contributed by atoms with Gasteiger partial charge in [0.05, 0.1) is 11.8 Å². The zero-order chi connectivity index (χ0) is 18.9. The number of nitrogens with zero attached hydrogens (tertiary/aromatic N) is 2. The molecular weight excluding hydrogens is 336 g/mol. The van der Waals surface area contributed by atoms with Crippen molar-refractivity contribution in [1.82, 2.24) is 9.78 Å². The van der Waals surface area contributed by atoms with Gasteiger partial charge in [0.25, 0.3) is 0 Å². The third-order valence-corrected chi connectivity index (χ3v) is 4.61. The number of carbonyl (C=O) groups is 1. The van der Waals surface area contributed by atoms with Gasteiger partial charge >= 0.3 is 0 Å². The number of rotatable bonds is 10. The van der Waals surface area contributed by atoms with E-state index in [1.807, 2.05) is 65.6 Å². The van der Waals surface area contributed by atoms with Gasteiger partial charge in [0, 0.05) is 18.3 Å². The van der Waals surface area contributed by atoms with E-state index in [9.17, 15) is 4.79 Å². The Morgan fingerprint density at radius 3 is 2.67 bits per heavy atom. The molecule has 0 atom stereocenters. The smallest absolute Gasteiger partial charge is 0.154 e. The van der Waals surface area contributed by atoms with Crippen molar-refractivity contribution in [1.29, 1.82) is 0 Å². The minimum absolute atomic E-state index is 0.432. The average Bonchev–Trinajstić information content (AvgIpc) is 3.19. The van der Waals surface area contributed by atoms with Gasteiger partial charge in [-0.05, 0) is 23.6 Å². The van der Waals surface area contributed by atoms with Crippen LogP contribution in [-0.4, -0.2) is 16.1 Å². The topological polar surface area (TPSA) is 44.1 Å². The van der Waals surface area contributed by atoms with Crippen LogP contribution in [0.4, 0.5) is 0 Å². The maximum absolute atomic E-state index is 11.8. The summed E-state index contributed by atoms with van der Waals surface area (Å²) in [6, 6.07) is 15.6. The Bertz CT molecular complexity index is 856. The van der Waals surface area contributed by atoms with Crippen LogP contribution in [0.5, 0.6) is 5.75 Å². The van der Waals surface area contributed by atoms with Crippen molar-refractivity contribution in [2.45, 2.75) is 45.8 Å². The minimum atomic E-state index is 0.432. The third-order valence-electron chi connectivity index (χ3n) is 4.61. The fourth-order valence-electron chi connectivity index (χ4n) is 3.10. The van der Waals surface area contributed by atoms with Crippen LogP contribution >= 0.6 is 0 Å². The van der Waals surface area contributed by atoms with E-state index in [4.69, 9.17) is 4.74 Å². The quantitative estimate of drug-likeness (QED) is 0.352. The number of aromatic nitrogens is 2. The van der Waals surface area contributed by atoms with Crippen molar-refractivity contribution in [3.05, 3.63) is 72.1 Å². The molecule has 0 amide bonds. The van der Waals surface area contributed by atoms with Gasteiger partial charge < -0.3 is 4.74 Å². The number of carbonyl (C=O) groups excluding carboxylic acids is 1. The molecule has 27 heavy (non-hydrogen) atoms. The van der Waals surface area contributed by atoms with Crippen LogP contribution < -0.4 is 4.74 Å². The summed E-state index contributed by atoms with van der Waals surface area (Å²) in [5.41, 5.74) is 3.44. The average molecular weight is 362 g/mol. The van der Waals surface area contributed by atoms with Crippen molar-refractivity contribution in [2.75, 3.05) is 0 Å². The van der Waals surface area contributed by atoms with Gasteiger partial charge in [-0.1, -0.05) is 68.7 Å². The van der Waals surface area contributed by atoms with E-state index in [1.54, 1.807) is 0 Å². The Morgan fingerprint density at radius 2 is 1.89 bits per heavy atom. The summed E-state index contributed by atoms with van der Waals surface area (Å²) in [5, 5.41) is 4.45. The molecule has 0 unspecified atom stereocenters. The highest BCUT2D eigenvalue weighted by Gasteiger charge is 2.12. The van der Waals surface area contributed by atoms with Gasteiger partial charge in [0.1, 0.15) is 12.4 Å². The Balaban J connectivity index is 1.74. The number of aryl methyl sites for hydroxylation is 1. The molecule has 3 rings (SSSR count). The van der Waals surface area contributed by atoms with Gasteiger partial charge in [-0.2, -0.15) is 5.10 Å². The van der Waals surface area contributed by atoms with Crippen LogP contribution in [0.25, 0.3) is 11.1 Å². The summed E-state index contributed by atoms with van der Waals surface area (Å²) in [5.74, 6) is 0.599. The van der Waals surface area contributed by atoms with Crippen molar-refractivity contribution < 1.29 is 9.53 Å². The van der Waals surface area contributed by atoms with E-state index < -0.39 is 0 Å². The second-order valence-electron chi connectivity index (χ2n) is 6.66. The van der Waals surface area contributed by atoms with Crippen LogP contribution in [0.15, 0.2) is 60.9 Å². The summed E-state index contributed by atoms with van der Waals surface area (Å²) < 4.78 is 7.87. The Hall–Kier alpha value is -2.88. The number of benzene rings is 2. The van der Waals surface area contributed by atoms with Gasteiger partial charge in [0.15, 0.2) is 6.29 Å². The maximum atomic E-state index is 11.8. The van der Waals surface area contributed by atoms with Crippen LogP contribution in [0.2, 0.25) is 0 Å². The molecular formula is C23H26N2O2. The Kier molecular flexibility index (Phi) is 6.80. The molecule has 4 nitrogen and oxygen atoms in total. The molecule has 4 heteroatoms. The molecule has 0 fully saturated rings. The molecule has 0 bridgehead atoms. The predicted molar refractivity (Wildman–Crippen MR) is 108 cm³/mol. The van der Waals surface area contributed by atoms with Gasteiger partial charge in [-0.15, -0.1) is 0 Å². The summed E-state index contributed by atoms with van der Waals surface area (Å²) in [7, 11) is 0. The molecule has 3 aromatic rings. The van der Waals surface area contributed by atoms with E-state index >= 15 is 0 Å². The maximum Gasteiger partial charge on any atom is 0.154 e. The largest absolute Gasteiger partial charge is 0.488 e. The number of hydrogen-bond donors (Lipinski definition) is 0. The van der Waals surface area contributed by atoms with Crippen molar-refractivity contribution in [3.8, 4) is 16.9 Å². The fourth-order valence-corrected chi connectivity index (χ4v) is 3.10. The number of hydrogen-bond acceptors (Lipinski definition) is 3. The highest BCUT2D eigenvalue weighted by Crippen LogP contribution is 2.29. The van der Waals surface area contributed by atoms with Gasteiger partial charge in [0.2, 0.25) is 0 Å². The highest BCUT2D eigenvalue weighted by atomic mass is 16.5. The summed E-state index contributed by atoms with van der Waals surface area (Å²) in [6.45, 7) is 3.54. The van der Waals surface area contributed by atoms with Gasteiger partial charge in [-0.3, -0.25) is 9.48 Å². The van der Waals surface area contributed by atoms with Crippen molar-refractivity contribution in [3.63, 3.8) is 0 Å². The highest BCUT2D eigenvalue weighted by molar-refractivity contribution is 5.90. The molecule has 2 aromatic carbocycles. The number of ether oxygens (including phenoxy) is 1. The number of unbranched alkanes of at least 4 members (excludes halogenated alkanes) is 3. The van der Waals surface area contributed by atoms with Crippen LogP contribution in [-0.2, 0) is 13.2 Å². The monoisotopic (exact) mass is 362 g/mol. The normalized spacial score (nSPS) is 10.7. The minimum Gasteiger partial charge on any atom is -0.488 e. The molecule has 0 saturated carbocycles. The standard InChI is InChI=1S/C23H26N2O2/c1-2-3-4-8-14-25-16-20(15-24-25)21-12-9-13-23(22(21)17-26)27-18-19-10-6-5-7-11-19/h5-7,9-13,15-17H,2-4,8,14,18H2,1H3. The molecule has 0 saturated heterocycles. The summed E-state index contributed by atoms with van der Waals surface area (Å²) in [4.78, 5) is 11.8. The second kappa shape index (κ2) is 9.72. The first-order valence-electron chi connectivity index (χ1n) is 9.59. The van der Waals surface area contributed by atoms with E-state index in [0.29, 0.717) is 17.9 Å². The van der Waals surface area contributed by atoms with E-state index in [2.05, 4.69) is 12.0 Å². The zero-order valence-electron chi connectivity index (χ0n) is 15.8. The third kappa shape index (κ3) is 5.07. The molecule has 1 aromatic heterocycles. The molecule has 0 aliphatic rings. The molecule has 1 heterocycles. The fraction of sp³-hybridized carbons (Fsp3) is 0.304. The van der Waals surface area contributed by atoms with Crippen molar-refractivity contribution in [2.24, 2.45) is 0 Å². The first-order valence-corrected chi connectivity index (χ1v) is 9.59. The lowest BCUT2D eigenvalue weighted by molar-refractivity contribution is 0.111. The van der Waals surface area contributed by atoms with Crippen LogP contribution in [0.3, 0.4) is 0 Å². The summed E-state index contributed by atoms with van der Waals surface area (Å²) >= 11 is 0. The molecule has 0 aliphatic carbocycles. The Morgan fingerprint density at radius 1 is 1.04 bits per heavy atom. The molecule has 0 aliphatic heterocycles. The lowest BCUT2D eigenvalue weighted by atomic mass is 10.0. The predicted octanol–water partition coefficient (Wildman–Crippen LogP) is 5.52. The second-order valence-corrected chi connectivity index (χ2v) is 6.66. The first-order chi connectivity index (χ1) is 13.3. The molecule has 0 N–H and O–H groups in total. The van der Waals surface area contributed by atoms with Gasteiger partial charge in [-0.25, -0.2) is 0 Å². The first kappa shape index (κ1) is 18.9. The lowest BCUT2D eigenvalue weighted by Gasteiger charge is -2.11. The molecule has 0 radical (unpaired) electrons. The molecule has 140 valence electrons. The Labute approximate surface area is 160 Å². The molecule has 0 spiro atoms. The lowest BCUT2D eigenvalue weighted by Crippen LogP contribution is -2.00. The van der Waals surface area contributed by atoms with E-state index in [0.717, 1.165) is 35.9 Å². The number of aldehydes is 1. The van der Waals surface area contributed by atoms with E-state index in [1.165, 1.54) is 19.3 Å². The summed E-state index contributed by atoms with van der Waals surface area (Å²) in [6.07, 6.45) is 9.52.